The van der Waals surface area contributed by atoms with E-state index in [-0.39, 0.29) is 29.1 Å². The van der Waals surface area contributed by atoms with Crippen molar-refractivity contribution in [3.8, 4) is 0 Å². The third-order valence-corrected chi connectivity index (χ3v) is 6.52. The lowest BCUT2D eigenvalue weighted by molar-refractivity contribution is 0.363. The molecule has 11 nitrogen and oxygen atoms in total. The van der Waals surface area contributed by atoms with E-state index in [0.29, 0.717) is 34.2 Å². The molecule has 0 bridgehead atoms. The maximum atomic E-state index is 12.9. The Kier molecular flexibility index (Phi) is 4.15. The molecule has 2 atom stereocenters. The zero-order valence-electron chi connectivity index (χ0n) is 16.9. The molecule has 2 unspecified atom stereocenters. The molecule has 1 aliphatic carbocycles. The number of hydrogen-bond donors (Lipinski definition) is 0. The number of aryl methyl sites for hydroxylation is 1. The Morgan fingerprint density at radius 1 is 1.16 bits per heavy atom. The van der Waals surface area contributed by atoms with Crippen molar-refractivity contribution in [1.82, 2.24) is 34.2 Å². The van der Waals surface area contributed by atoms with Gasteiger partial charge in [-0.2, -0.15) is 4.98 Å². The van der Waals surface area contributed by atoms with Crippen LogP contribution in [0.3, 0.4) is 0 Å². The molecule has 5 heterocycles. The van der Waals surface area contributed by atoms with Gasteiger partial charge in [-0.1, -0.05) is 16.8 Å². The number of fused-ring (bicyclic) bond motifs is 2. The van der Waals surface area contributed by atoms with Crippen LogP contribution in [0, 0.1) is 11.8 Å². The zero-order valence-corrected chi connectivity index (χ0v) is 17.7. The summed E-state index contributed by atoms with van der Waals surface area (Å²) >= 11 is 5.97. The number of anilines is 1. The van der Waals surface area contributed by atoms with Gasteiger partial charge in [-0.25, -0.2) is 15.0 Å². The Labute approximate surface area is 185 Å². The molecule has 0 N–H and O–H groups in total. The maximum Gasteiger partial charge on any atom is 0.278 e. The largest absolute Gasteiger partial charge is 0.356 e. The van der Waals surface area contributed by atoms with Crippen LogP contribution in [0.5, 0.6) is 0 Å². The van der Waals surface area contributed by atoms with Gasteiger partial charge >= 0.3 is 0 Å². The summed E-state index contributed by atoms with van der Waals surface area (Å²) in [6, 6.07) is 4.69. The summed E-state index contributed by atoms with van der Waals surface area (Å²) in [5.41, 5.74) is 0.0893. The molecule has 2 aliphatic rings. The van der Waals surface area contributed by atoms with Gasteiger partial charge in [-0.15, -0.1) is 0 Å². The smallest absolute Gasteiger partial charge is 0.278 e. The summed E-state index contributed by atoms with van der Waals surface area (Å²) in [4.78, 5) is 43.9. The molecule has 4 aromatic rings. The van der Waals surface area contributed by atoms with E-state index in [1.807, 2.05) is 0 Å². The van der Waals surface area contributed by atoms with Crippen molar-refractivity contribution in [2.45, 2.75) is 12.5 Å². The van der Waals surface area contributed by atoms with Crippen LogP contribution in [0.1, 0.15) is 17.6 Å². The van der Waals surface area contributed by atoms with Crippen LogP contribution < -0.4 is 16.0 Å². The minimum atomic E-state index is -0.336. The van der Waals surface area contributed by atoms with Crippen molar-refractivity contribution in [3.05, 3.63) is 68.4 Å². The Hall–Kier alpha value is -3.60. The summed E-state index contributed by atoms with van der Waals surface area (Å²) < 4.78 is 8.08. The molecule has 32 heavy (non-hydrogen) atoms. The molecule has 1 aliphatic heterocycles. The molecule has 0 spiro atoms. The third kappa shape index (κ3) is 3.00. The fourth-order valence-corrected chi connectivity index (χ4v) is 4.76. The number of piperidine rings is 1. The number of halogens is 1. The van der Waals surface area contributed by atoms with Crippen LogP contribution in [-0.2, 0) is 13.6 Å². The van der Waals surface area contributed by atoms with Gasteiger partial charge in [-0.05, 0) is 17.9 Å². The molecule has 0 amide bonds. The summed E-state index contributed by atoms with van der Waals surface area (Å²) in [6.45, 7) is 1.77. The molecular formula is C20H17ClN8O3. The van der Waals surface area contributed by atoms with E-state index in [9.17, 15) is 9.59 Å². The van der Waals surface area contributed by atoms with E-state index in [1.165, 1.54) is 27.9 Å². The maximum absolute atomic E-state index is 12.9. The van der Waals surface area contributed by atoms with Crippen molar-refractivity contribution in [2.75, 3.05) is 18.0 Å². The number of hydrogen-bond acceptors (Lipinski definition) is 9. The topological polar surface area (TPSA) is 125 Å². The minimum absolute atomic E-state index is 0.0888. The van der Waals surface area contributed by atoms with Gasteiger partial charge in [0.2, 0.25) is 5.89 Å². The Balaban J connectivity index is 1.19. The van der Waals surface area contributed by atoms with Crippen molar-refractivity contribution in [2.24, 2.45) is 18.9 Å². The number of nitrogens with zero attached hydrogens (tertiary/aromatic N) is 8. The average Bonchev–Trinajstić information content (AvgIpc) is 3.12. The molecule has 162 valence electrons. The molecule has 2 fully saturated rings. The van der Waals surface area contributed by atoms with Crippen LogP contribution in [0.15, 0.2) is 45.0 Å². The Bertz CT molecular complexity index is 1470. The summed E-state index contributed by atoms with van der Waals surface area (Å²) in [5, 5.41) is 4.57. The second-order valence-electron chi connectivity index (χ2n) is 8.15. The normalized spacial score (nSPS) is 21.8. The van der Waals surface area contributed by atoms with Crippen LogP contribution >= 0.6 is 11.6 Å². The number of rotatable bonds is 4. The van der Waals surface area contributed by atoms with Gasteiger partial charge in [0.05, 0.1) is 11.8 Å². The predicted molar refractivity (Wildman–Crippen MR) is 114 cm³/mol. The van der Waals surface area contributed by atoms with Crippen molar-refractivity contribution < 1.29 is 4.52 Å². The summed E-state index contributed by atoms with van der Waals surface area (Å²) in [6.07, 6.45) is 2.89. The highest BCUT2D eigenvalue weighted by Gasteiger charge is 2.58. The van der Waals surface area contributed by atoms with E-state index in [2.05, 4.69) is 30.0 Å². The zero-order chi connectivity index (χ0) is 22.0. The van der Waals surface area contributed by atoms with E-state index >= 15 is 0 Å². The van der Waals surface area contributed by atoms with E-state index in [0.717, 1.165) is 18.9 Å². The monoisotopic (exact) mass is 452 g/mol. The molecule has 0 radical (unpaired) electrons. The molecule has 6 rings (SSSR count). The van der Waals surface area contributed by atoms with E-state index in [4.69, 9.17) is 16.1 Å². The van der Waals surface area contributed by atoms with Gasteiger partial charge < -0.3 is 14.0 Å². The van der Waals surface area contributed by atoms with E-state index < -0.39 is 0 Å². The Morgan fingerprint density at radius 2 is 1.97 bits per heavy atom. The highest BCUT2D eigenvalue weighted by Crippen LogP contribution is 2.57. The molecule has 0 aromatic carbocycles. The molecular weight excluding hydrogens is 436 g/mol. The van der Waals surface area contributed by atoms with Gasteiger partial charge in [-0.3, -0.25) is 14.2 Å². The molecule has 12 heteroatoms. The number of aromatic nitrogens is 7. The molecule has 1 saturated heterocycles. The van der Waals surface area contributed by atoms with Crippen LogP contribution in [0.25, 0.3) is 11.0 Å². The van der Waals surface area contributed by atoms with Crippen LogP contribution in [-0.4, -0.2) is 47.3 Å². The highest BCUT2D eigenvalue weighted by atomic mass is 35.5. The van der Waals surface area contributed by atoms with Gasteiger partial charge in [0.15, 0.2) is 5.82 Å². The second kappa shape index (κ2) is 6.95. The second-order valence-corrected chi connectivity index (χ2v) is 8.53. The first-order chi connectivity index (χ1) is 15.5. The number of pyridine rings is 1. The average molecular weight is 453 g/mol. The minimum Gasteiger partial charge on any atom is -0.356 e. The van der Waals surface area contributed by atoms with Crippen LogP contribution in [0.4, 0.5) is 5.82 Å². The predicted octanol–water partition coefficient (Wildman–Crippen LogP) is 0.820. The van der Waals surface area contributed by atoms with Gasteiger partial charge in [0.1, 0.15) is 29.4 Å². The lowest BCUT2D eigenvalue weighted by Gasteiger charge is -2.19. The fraction of sp³-hybridized carbons (Fsp3) is 0.350. The van der Waals surface area contributed by atoms with Crippen molar-refractivity contribution in [3.63, 3.8) is 0 Å². The third-order valence-electron chi connectivity index (χ3n) is 6.32. The van der Waals surface area contributed by atoms with Crippen molar-refractivity contribution in [1.29, 1.82) is 0 Å². The summed E-state index contributed by atoms with van der Waals surface area (Å²) in [7, 11) is 1.55. The highest BCUT2D eigenvalue weighted by molar-refractivity contribution is 6.29. The van der Waals surface area contributed by atoms with Crippen molar-refractivity contribution >= 4 is 28.5 Å². The SMILES string of the molecule is Cn1c(=O)ccc2ncn(Cc3nc(C4C5CN(c6cc(Cl)ncn6)CC54)no3)c(=O)c21. The fourth-order valence-electron chi connectivity index (χ4n) is 4.62. The standard InChI is InChI=1S/C20H17ClN8O3/c1-27-16(30)3-2-12-18(27)20(31)29(9-24-12)7-15-25-19(26-32-15)17-10-5-28(6-11(10)17)14-4-13(21)22-8-23-14/h2-4,8-11,17H,5-7H2,1H3. The summed E-state index contributed by atoms with van der Waals surface area (Å²) in [5.74, 6) is 2.89. The first-order valence-corrected chi connectivity index (χ1v) is 10.5. The molecule has 4 aromatic heterocycles. The first kappa shape index (κ1) is 19.1. The Morgan fingerprint density at radius 3 is 2.75 bits per heavy atom. The van der Waals surface area contributed by atoms with Gasteiger partial charge in [0.25, 0.3) is 11.1 Å². The lowest BCUT2D eigenvalue weighted by Crippen LogP contribution is -2.28. The first-order valence-electron chi connectivity index (χ1n) is 10.1. The quantitative estimate of drug-likeness (QED) is 0.413. The molecule has 1 saturated carbocycles. The van der Waals surface area contributed by atoms with Crippen LogP contribution in [0.2, 0.25) is 5.15 Å². The lowest BCUT2D eigenvalue weighted by atomic mass is 10.2. The van der Waals surface area contributed by atoms with Gasteiger partial charge in [0, 0.05) is 38.2 Å². The van der Waals surface area contributed by atoms with E-state index in [1.54, 1.807) is 19.2 Å².